The lowest BCUT2D eigenvalue weighted by Crippen LogP contribution is -2.19. The fraction of sp³-hybridized carbons (Fsp3) is 0.550. The summed E-state index contributed by atoms with van der Waals surface area (Å²) in [5.41, 5.74) is 1.70. The van der Waals surface area contributed by atoms with Gasteiger partial charge in [0.2, 0.25) is 17.8 Å². The first-order valence-electron chi connectivity index (χ1n) is 10.5. The second-order valence-corrected chi connectivity index (χ2v) is 8.12. The molecule has 0 radical (unpaired) electrons. The van der Waals surface area contributed by atoms with Crippen LogP contribution in [-0.4, -0.2) is 57.2 Å². The van der Waals surface area contributed by atoms with E-state index in [9.17, 15) is 9.59 Å². The summed E-state index contributed by atoms with van der Waals surface area (Å²) in [6.07, 6.45) is 8.86. The number of amides is 2. The van der Waals surface area contributed by atoms with Crippen molar-refractivity contribution in [1.29, 1.82) is 0 Å². The fourth-order valence-corrected chi connectivity index (χ4v) is 3.81. The van der Waals surface area contributed by atoms with Gasteiger partial charge in [0.1, 0.15) is 0 Å². The zero-order valence-corrected chi connectivity index (χ0v) is 16.7. The van der Waals surface area contributed by atoms with Gasteiger partial charge >= 0.3 is 0 Å². The smallest absolute Gasteiger partial charge is 0.254 e. The molecule has 3 fully saturated rings. The fourth-order valence-electron chi connectivity index (χ4n) is 3.81. The molecule has 1 aliphatic carbocycles. The molecule has 2 saturated heterocycles. The van der Waals surface area contributed by atoms with Crippen LogP contribution in [0.1, 0.15) is 44.1 Å². The molecule has 3 aliphatic rings. The Morgan fingerprint density at radius 3 is 2.77 bits per heavy atom. The molecular formula is C20H25N7O3. The van der Waals surface area contributed by atoms with Gasteiger partial charge in [-0.05, 0) is 44.1 Å². The highest BCUT2D eigenvalue weighted by molar-refractivity contribution is 6.15. The number of aromatic nitrogens is 4. The summed E-state index contributed by atoms with van der Waals surface area (Å²) in [5.74, 6) is 1.17. The van der Waals surface area contributed by atoms with E-state index in [2.05, 4.69) is 31.0 Å². The Morgan fingerprint density at radius 2 is 2.03 bits per heavy atom. The van der Waals surface area contributed by atoms with Crippen molar-refractivity contribution in [3.05, 3.63) is 17.3 Å². The van der Waals surface area contributed by atoms with E-state index in [1.807, 2.05) is 0 Å². The minimum absolute atomic E-state index is 0.0741. The highest BCUT2D eigenvalue weighted by Crippen LogP contribution is 2.26. The lowest BCUT2D eigenvalue weighted by Gasteiger charge is -2.21. The molecule has 10 heteroatoms. The molecule has 2 aromatic heterocycles. The molecule has 0 unspecified atom stereocenters. The number of nitrogens with zero attached hydrogens (tertiary/aromatic N) is 4. The maximum atomic E-state index is 11.9. The van der Waals surface area contributed by atoms with Crippen molar-refractivity contribution in [3.63, 3.8) is 0 Å². The number of hydrogen-bond acceptors (Lipinski definition) is 8. The zero-order chi connectivity index (χ0) is 20.5. The van der Waals surface area contributed by atoms with E-state index in [0.29, 0.717) is 40.6 Å². The Kier molecular flexibility index (Phi) is 5.07. The van der Waals surface area contributed by atoms with E-state index < -0.39 is 0 Å². The van der Waals surface area contributed by atoms with E-state index in [0.717, 1.165) is 51.9 Å². The van der Waals surface area contributed by atoms with Crippen LogP contribution in [0.5, 0.6) is 0 Å². The standard InChI is InChI=1S/C20H25N7O3/c28-16-10-13(18(29)24-16)9-14-11-22-27-17(14)25-19(26-20(27)23-15-1-2-15)21-6-3-12-4-7-30-8-5-12/h9,11-12,15H,1-8,10H2,(H,24,28,29)(H2,21,23,25,26)/b13-9+. The molecule has 2 aromatic rings. The maximum absolute atomic E-state index is 11.9. The molecule has 0 bridgehead atoms. The lowest BCUT2D eigenvalue weighted by atomic mass is 9.97. The predicted octanol–water partition coefficient (Wildman–Crippen LogP) is 1.36. The highest BCUT2D eigenvalue weighted by atomic mass is 16.5. The summed E-state index contributed by atoms with van der Waals surface area (Å²) in [4.78, 5) is 32.7. The molecular weight excluding hydrogens is 386 g/mol. The SMILES string of the molecule is O=C1C/C(=C\c2cnn3c(NC4CC4)nc(NCCC4CCOCC4)nc23)C(=O)N1. The van der Waals surface area contributed by atoms with Gasteiger partial charge in [-0.3, -0.25) is 14.9 Å². The number of carbonyl (C=O) groups excluding carboxylic acids is 2. The van der Waals surface area contributed by atoms with E-state index in [4.69, 9.17) is 4.74 Å². The van der Waals surface area contributed by atoms with E-state index in [-0.39, 0.29) is 18.2 Å². The summed E-state index contributed by atoms with van der Waals surface area (Å²) >= 11 is 0. The van der Waals surface area contributed by atoms with Gasteiger partial charge < -0.3 is 15.4 Å². The van der Waals surface area contributed by atoms with Crippen LogP contribution in [0, 0.1) is 5.92 Å². The Morgan fingerprint density at radius 1 is 1.20 bits per heavy atom. The molecule has 1 saturated carbocycles. The maximum Gasteiger partial charge on any atom is 0.254 e. The first kappa shape index (κ1) is 19.0. The van der Waals surface area contributed by atoms with E-state index in [1.165, 1.54) is 0 Å². The monoisotopic (exact) mass is 411 g/mol. The van der Waals surface area contributed by atoms with Crippen LogP contribution in [0.3, 0.4) is 0 Å². The van der Waals surface area contributed by atoms with Crippen LogP contribution in [0.15, 0.2) is 11.8 Å². The van der Waals surface area contributed by atoms with Crippen LogP contribution < -0.4 is 16.0 Å². The second-order valence-electron chi connectivity index (χ2n) is 8.12. The van der Waals surface area contributed by atoms with Gasteiger partial charge in [-0.25, -0.2) is 0 Å². The molecule has 158 valence electrons. The molecule has 0 spiro atoms. The minimum Gasteiger partial charge on any atom is -0.381 e. The first-order valence-corrected chi connectivity index (χ1v) is 10.5. The van der Waals surface area contributed by atoms with Gasteiger partial charge in [-0.2, -0.15) is 19.6 Å². The van der Waals surface area contributed by atoms with Crippen LogP contribution in [0.25, 0.3) is 11.7 Å². The lowest BCUT2D eigenvalue weighted by molar-refractivity contribution is -0.124. The third-order valence-corrected chi connectivity index (χ3v) is 5.71. The molecule has 0 aromatic carbocycles. The number of fused-ring (bicyclic) bond motifs is 1. The molecule has 2 amide bonds. The summed E-state index contributed by atoms with van der Waals surface area (Å²) < 4.78 is 7.08. The van der Waals surface area contributed by atoms with Crippen molar-refractivity contribution < 1.29 is 14.3 Å². The summed E-state index contributed by atoms with van der Waals surface area (Å²) in [6, 6.07) is 0.405. The number of nitrogens with one attached hydrogen (secondary N) is 3. The van der Waals surface area contributed by atoms with E-state index >= 15 is 0 Å². The minimum atomic E-state index is -0.362. The summed E-state index contributed by atoms with van der Waals surface area (Å²) in [6.45, 7) is 2.46. The number of carbonyl (C=O) groups is 2. The van der Waals surface area contributed by atoms with Crippen LogP contribution in [0.2, 0.25) is 0 Å². The van der Waals surface area contributed by atoms with Crippen LogP contribution >= 0.6 is 0 Å². The third kappa shape index (κ3) is 4.13. The van der Waals surface area contributed by atoms with Crippen LogP contribution in [-0.2, 0) is 14.3 Å². The molecule has 30 heavy (non-hydrogen) atoms. The molecule has 2 aliphatic heterocycles. The van der Waals surface area contributed by atoms with Gasteiger partial charge in [-0.15, -0.1) is 0 Å². The zero-order valence-electron chi connectivity index (χ0n) is 16.7. The second kappa shape index (κ2) is 8.02. The number of hydrogen-bond donors (Lipinski definition) is 3. The van der Waals surface area contributed by atoms with Crippen LogP contribution in [0.4, 0.5) is 11.9 Å². The average molecular weight is 411 g/mol. The Bertz CT molecular complexity index is 1010. The van der Waals surface area contributed by atoms with Gasteiger partial charge in [0.15, 0.2) is 5.65 Å². The van der Waals surface area contributed by atoms with Gasteiger partial charge in [0.25, 0.3) is 5.91 Å². The highest BCUT2D eigenvalue weighted by Gasteiger charge is 2.26. The van der Waals surface area contributed by atoms with Crippen molar-refractivity contribution in [2.24, 2.45) is 5.92 Å². The molecule has 4 heterocycles. The third-order valence-electron chi connectivity index (χ3n) is 5.71. The molecule has 5 rings (SSSR count). The van der Waals surface area contributed by atoms with Crippen molar-refractivity contribution in [1.82, 2.24) is 24.9 Å². The quantitative estimate of drug-likeness (QED) is 0.461. The first-order chi connectivity index (χ1) is 14.7. The Hall–Kier alpha value is -3.01. The number of ether oxygens (including phenoxy) is 1. The number of rotatable bonds is 7. The Balaban J connectivity index is 1.40. The van der Waals surface area contributed by atoms with Gasteiger partial charge in [-0.1, -0.05) is 0 Å². The van der Waals surface area contributed by atoms with Crippen molar-refractivity contribution in [2.45, 2.75) is 44.6 Å². The Labute approximate surface area is 173 Å². The largest absolute Gasteiger partial charge is 0.381 e. The number of imide groups is 1. The van der Waals surface area contributed by atoms with Gasteiger partial charge in [0, 0.05) is 36.9 Å². The van der Waals surface area contributed by atoms with Gasteiger partial charge in [0.05, 0.1) is 12.6 Å². The van der Waals surface area contributed by atoms with Crippen molar-refractivity contribution >= 4 is 35.4 Å². The number of anilines is 2. The summed E-state index contributed by atoms with van der Waals surface area (Å²) in [7, 11) is 0. The molecule has 10 nitrogen and oxygen atoms in total. The predicted molar refractivity (Wildman–Crippen MR) is 110 cm³/mol. The molecule has 0 atom stereocenters. The van der Waals surface area contributed by atoms with Crippen molar-refractivity contribution in [2.75, 3.05) is 30.4 Å². The summed E-state index contributed by atoms with van der Waals surface area (Å²) in [5, 5.41) is 13.5. The molecule has 3 N–H and O–H groups in total. The van der Waals surface area contributed by atoms with E-state index in [1.54, 1.807) is 16.8 Å². The average Bonchev–Trinajstić information content (AvgIpc) is 3.37. The van der Waals surface area contributed by atoms with Crippen molar-refractivity contribution in [3.8, 4) is 0 Å². The topological polar surface area (TPSA) is 123 Å². The normalized spacial score (nSPS) is 21.4.